The molecule has 4 bridgehead atoms. The Kier molecular flexibility index (Phi) is 2.35. The number of rotatable bonds is 2. The molecule has 2 unspecified atom stereocenters. The average Bonchev–Trinajstić information content (AvgIpc) is 2.72. The molecular weight excluding hydrogens is 254 g/mol. The number of aliphatic hydroxyl groups excluding tert-OH is 1. The Morgan fingerprint density at radius 1 is 1.21 bits per heavy atom. The van der Waals surface area contributed by atoms with Crippen molar-refractivity contribution in [2.75, 3.05) is 0 Å². The summed E-state index contributed by atoms with van der Waals surface area (Å²) >= 11 is 1.79. The topological polar surface area (TPSA) is 33.1 Å². The number of nitrogens with zero attached hydrogens (tertiary/aromatic N) is 1. The highest BCUT2D eigenvalue weighted by Crippen LogP contribution is 2.69. The van der Waals surface area contributed by atoms with Crippen LogP contribution >= 0.6 is 11.3 Å². The minimum atomic E-state index is 0.0878. The summed E-state index contributed by atoms with van der Waals surface area (Å²) in [5.41, 5.74) is 2.28. The van der Waals surface area contributed by atoms with E-state index in [-0.39, 0.29) is 6.61 Å². The van der Waals surface area contributed by atoms with E-state index in [0.29, 0.717) is 16.2 Å². The predicted octanol–water partition coefficient (Wildman–Crippen LogP) is 3.88. The monoisotopic (exact) mass is 277 g/mol. The fourth-order valence-electron chi connectivity index (χ4n) is 6.31. The molecule has 0 aromatic carbocycles. The molecule has 19 heavy (non-hydrogen) atoms. The first-order chi connectivity index (χ1) is 8.94. The van der Waals surface area contributed by atoms with E-state index in [2.05, 4.69) is 19.2 Å². The third-order valence-electron chi connectivity index (χ3n) is 5.79. The summed E-state index contributed by atoms with van der Waals surface area (Å²) in [6, 6.07) is 0. The van der Waals surface area contributed by atoms with Crippen LogP contribution in [0.2, 0.25) is 0 Å². The van der Waals surface area contributed by atoms with E-state index in [9.17, 15) is 5.11 Å². The molecule has 0 spiro atoms. The molecule has 4 aliphatic rings. The average molecular weight is 277 g/mol. The molecule has 1 aromatic heterocycles. The van der Waals surface area contributed by atoms with Gasteiger partial charge in [0.25, 0.3) is 0 Å². The fraction of sp³-hybridized carbons (Fsp3) is 0.812. The van der Waals surface area contributed by atoms with Gasteiger partial charge in [-0.2, -0.15) is 0 Å². The normalized spacial score (nSPS) is 47.8. The van der Waals surface area contributed by atoms with Gasteiger partial charge in [-0.05, 0) is 55.3 Å². The Morgan fingerprint density at radius 2 is 1.89 bits per heavy atom. The molecule has 1 N–H and O–H groups in total. The maximum atomic E-state index is 9.28. The Bertz CT molecular complexity index is 505. The summed E-state index contributed by atoms with van der Waals surface area (Å²) in [6.45, 7) is 5.10. The van der Waals surface area contributed by atoms with Gasteiger partial charge in [-0.1, -0.05) is 13.8 Å². The highest BCUT2D eigenvalue weighted by atomic mass is 32.1. The van der Waals surface area contributed by atoms with Crippen LogP contribution in [0.4, 0.5) is 0 Å². The van der Waals surface area contributed by atoms with Crippen molar-refractivity contribution in [3.05, 3.63) is 16.1 Å². The molecule has 0 amide bonds. The van der Waals surface area contributed by atoms with E-state index < -0.39 is 0 Å². The molecule has 104 valence electrons. The number of aliphatic hydroxyl groups is 1. The zero-order valence-electron chi connectivity index (χ0n) is 11.9. The standard InChI is InChI=1S/C16H23NOS/c1-14-3-11-4-15(2,8-14)10-16(5-11,9-14)13-17-12(6-18)7-19-13/h7,11,18H,3-6,8-10H2,1-2H3. The largest absolute Gasteiger partial charge is 0.390 e. The molecule has 0 radical (unpaired) electrons. The van der Waals surface area contributed by atoms with E-state index in [1.165, 1.54) is 43.5 Å². The Morgan fingerprint density at radius 3 is 2.42 bits per heavy atom. The molecule has 2 nitrogen and oxygen atoms in total. The summed E-state index contributed by atoms with van der Waals surface area (Å²) in [5, 5.41) is 12.7. The smallest absolute Gasteiger partial charge is 0.0991 e. The maximum absolute atomic E-state index is 9.28. The predicted molar refractivity (Wildman–Crippen MR) is 77.1 cm³/mol. The quantitative estimate of drug-likeness (QED) is 0.890. The molecule has 3 heteroatoms. The van der Waals surface area contributed by atoms with Crippen LogP contribution in [-0.4, -0.2) is 10.1 Å². The van der Waals surface area contributed by atoms with Crippen LogP contribution in [0.3, 0.4) is 0 Å². The minimum absolute atomic E-state index is 0.0878. The summed E-state index contributed by atoms with van der Waals surface area (Å²) in [7, 11) is 0. The Labute approximate surface area is 119 Å². The molecule has 2 atom stereocenters. The van der Waals surface area contributed by atoms with Crippen molar-refractivity contribution in [2.24, 2.45) is 16.7 Å². The second-order valence-corrected chi connectivity index (χ2v) is 9.07. The lowest BCUT2D eigenvalue weighted by molar-refractivity contribution is -0.110. The second-order valence-electron chi connectivity index (χ2n) is 8.21. The zero-order chi connectivity index (χ0) is 13.3. The van der Waals surface area contributed by atoms with Crippen LogP contribution in [0.25, 0.3) is 0 Å². The zero-order valence-corrected chi connectivity index (χ0v) is 12.7. The van der Waals surface area contributed by atoms with E-state index >= 15 is 0 Å². The molecule has 5 rings (SSSR count). The first kappa shape index (κ1) is 12.3. The van der Waals surface area contributed by atoms with Gasteiger partial charge in [-0.25, -0.2) is 4.98 Å². The number of thiazole rings is 1. The Hall–Kier alpha value is -0.410. The van der Waals surface area contributed by atoms with Crippen LogP contribution in [0.1, 0.15) is 63.1 Å². The molecule has 1 aromatic rings. The highest BCUT2D eigenvalue weighted by Gasteiger charge is 2.61. The fourth-order valence-corrected chi connectivity index (χ4v) is 7.33. The minimum Gasteiger partial charge on any atom is -0.390 e. The molecule has 4 saturated carbocycles. The van der Waals surface area contributed by atoms with Gasteiger partial charge in [-0.15, -0.1) is 11.3 Å². The van der Waals surface area contributed by atoms with Crippen molar-refractivity contribution >= 4 is 11.3 Å². The van der Waals surface area contributed by atoms with E-state index in [1.54, 1.807) is 11.3 Å². The van der Waals surface area contributed by atoms with E-state index in [4.69, 9.17) is 4.98 Å². The molecule has 4 aliphatic carbocycles. The summed E-state index contributed by atoms with van der Waals surface area (Å²) in [6.07, 6.45) is 8.27. The number of hydrogen-bond donors (Lipinski definition) is 1. The van der Waals surface area contributed by atoms with E-state index in [0.717, 1.165) is 11.6 Å². The van der Waals surface area contributed by atoms with Crippen LogP contribution in [0.5, 0.6) is 0 Å². The van der Waals surface area contributed by atoms with Crippen molar-refractivity contribution in [1.82, 2.24) is 4.98 Å². The van der Waals surface area contributed by atoms with Crippen LogP contribution in [0, 0.1) is 16.7 Å². The van der Waals surface area contributed by atoms with Gasteiger partial charge in [0.2, 0.25) is 0 Å². The van der Waals surface area contributed by atoms with E-state index in [1.807, 2.05) is 0 Å². The first-order valence-corrected chi connectivity index (χ1v) is 8.38. The van der Waals surface area contributed by atoms with Crippen LogP contribution in [-0.2, 0) is 12.0 Å². The third kappa shape index (κ3) is 1.74. The van der Waals surface area contributed by atoms with Gasteiger partial charge in [0, 0.05) is 10.8 Å². The molecule has 1 heterocycles. The summed E-state index contributed by atoms with van der Waals surface area (Å²) in [4.78, 5) is 4.75. The molecule has 0 saturated heterocycles. The highest BCUT2D eigenvalue weighted by molar-refractivity contribution is 7.09. The summed E-state index contributed by atoms with van der Waals surface area (Å²) < 4.78 is 0. The number of hydrogen-bond acceptors (Lipinski definition) is 3. The molecule has 0 aliphatic heterocycles. The van der Waals surface area contributed by atoms with Crippen molar-refractivity contribution < 1.29 is 5.11 Å². The van der Waals surface area contributed by atoms with Crippen molar-refractivity contribution in [2.45, 2.75) is 64.4 Å². The third-order valence-corrected chi connectivity index (χ3v) is 6.93. The lowest BCUT2D eigenvalue weighted by atomic mass is 9.40. The van der Waals surface area contributed by atoms with Gasteiger partial charge in [0.05, 0.1) is 17.3 Å². The number of aromatic nitrogens is 1. The molecule has 4 fully saturated rings. The molecular formula is C16H23NOS. The lowest BCUT2D eigenvalue weighted by Crippen LogP contribution is -2.56. The maximum Gasteiger partial charge on any atom is 0.0991 e. The second kappa shape index (κ2) is 3.62. The van der Waals surface area contributed by atoms with Crippen molar-refractivity contribution in [1.29, 1.82) is 0 Å². The van der Waals surface area contributed by atoms with Crippen molar-refractivity contribution in [3.8, 4) is 0 Å². The van der Waals surface area contributed by atoms with Crippen LogP contribution in [0.15, 0.2) is 5.38 Å². The Balaban J connectivity index is 1.78. The van der Waals surface area contributed by atoms with Gasteiger partial charge >= 0.3 is 0 Å². The first-order valence-electron chi connectivity index (χ1n) is 7.50. The SMILES string of the molecule is CC12CC3CC(C)(C1)CC(c1nc(CO)cs1)(C3)C2. The summed E-state index contributed by atoms with van der Waals surface area (Å²) in [5.74, 6) is 0.910. The van der Waals surface area contributed by atoms with Gasteiger partial charge < -0.3 is 5.11 Å². The van der Waals surface area contributed by atoms with Crippen molar-refractivity contribution in [3.63, 3.8) is 0 Å². The van der Waals surface area contributed by atoms with Gasteiger partial charge in [0.15, 0.2) is 0 Å². The van der Waals surface area contributed by atoms with Gasteiger partial charge in [-0.3, -0.25) is 0 Å². The van der Waals surface area contributed by atoms with Crippen LogP contribution < -0.4 is 0 Å². The lowest BCUT2D eigenvalue weighted by Gasteiger charge is -2.64. The van der Waals surface area contributed by atoms with Gasteiger partial charge in [0.1, 0.15) is 0 Å².